The summed E-state index contributed by atoms with van der Waals surface area (Å²) in [5, 5.41) is 12.4. The van der Waals surface area contributed by atoms with E-state index < -0.39 is 6.10 Å². The van der Waals surface area contributed by atoms with Crippen molar-refractivity contribution in [1.82, 2.24) is 0 Å². The first-order valence-corrected chi connectivity index (χ1v) is 6.33. The van der Waals surface area contributed by atoms with Gasteiger partial charge in [-0.05, 0) is 37.5 Å². The Bertz CT molecular complexity index is 577. The monoisotopic (exact) mass is 253 g/mol. The zero-order chi connectivity index (χ0) is 14.0. The van der Waals surface area contributed by atoms with Crippen LogP contribution in [0.15, 0.2) is 42.5 Å². The van der Waals surface area contributed by atoms with E-state index >= 15 is 0 Å². The minimum Gasteiger partial charge on any atom is -0.291 e. The van der Waals surface area contributed by atoms with Gasteiger partial charge in [0.2, 0.25) is 0 Å². The maximum Gasteiger partial charge on any atom is 0.199 e. The van der Waals surface area contributed by atoms with Gasteiger partial charge in [-0.25, -0.2) is 5.11 Å². The van der Waals surface area contributed by atoms with Gasteiger partial charge in [-0.2, -0.15) is 0 Å². The second-order valence-corrected chi connectivity index (χ2v) is 4.92. The molecule has 0 heterocycles. The second kappa shape index (κ2) is 5.37. The van der Waals surface area contributed by atoms with Crippen LogP contribution in [0.3, 0.4) is 0 Å². The predicted molar refractivity (Wildman–Crippen MR) is 74.9 cm³/mol. The van der Waals surface area contributed by atoms with E-state index in [9.17, 15) is 9.90 Å². The average molecular weight is 253 g/mol. The summed E-state index contributed by atoms with van der Waals surface area (Å²) in [6, 6.07) is 12.7. The maximum absolute atomic E-state index is 12.4. The highest BCUT2D eigenvalue weighted by molar-refractivity contribution is 6.00. The summed E-state index contributed by atoms with van der Waals surface area (Å²) in [6.45, 7) is 5.76. The van der Waals surface area contributed by atoms with Gasteiger partial charge in [-0.15, -0.1) is 0 Å². The van der Waals surface area contributed by atoms with Crippen molar-refractivity contribution in [3.8, 4) is 0 Å². The smallest absolute Gasteiger partial charge is 0.199 e. The third kappa shape index (κ3) is 2.74. The minimum atomic E-state index is -1.34. The Balaban J connectivity index is 2.40. The first kappa shape index (κ1) is 13.5. The quantitative estimate of drug-likeness (QED) is 0.762. The SMILES string of the molecule is Cc1cc(C)c(C([O])C(=O)c2ccccc2)c(C)c1. The fourth-order valence-corrected chi connectivity index (χ4v) is 2.49. The Labute approximate surface area is 113 Å². The van der Waals surface area contributed by atoms with E-state index in [4.69, 9.17) is 0 Å². The van der Waals surface area contributed by atoms with E-state index in [1.54, 1.807) is 24.3 Å². The molecule has 2 aromatic carbocycles. The number of aryl methyl sites for hydroxylation is 3. The number of hydrogen-bond acceptors (Lipinski definition) is 1. The average Bonchev–Trinajstić information content (AvgIpc) is 2.37. The molecule has 0 N–H and O–H groups in total. The normalized spacial score (nSPS) is 12.2. The zero-order valence-corrected chi connectivity index (χ0v) is 11.4. The Morgan fingerprint density at radius 2 is 1.47 bits per heavy atom. The highest BCUT2D eigenvalue weighted by Gasteiger charge is 2.24. The van der Waals surface area contributed by atoms with E-state index in [-0.39, 0.29) is 5.78 Å². The third-order valence-electron chi connectivity index (χ3n) is 3.30. The van der Waals surface area contributed by atoms with Gasteiger partial charge in [0, 0.05) is 5.56 Å². The van der Waals surface area contributed by atoms with Gasteiger partial charge in [0.15, 0.2) is 11.9 Å². The van der Waals surface area contributed by atoms with Gasteiger partial charge in [0.05, 0.1) is 0 Å². The van der Waals surface area contributed by atoms with Crippen LogP contribution in [0.25, 0.3) is 0 Å². The van der Waals surface area contributed by atoms with Crippen LogP contribution in [0, 0.1) is 20.8 Å². The van der Waals surface area contributed by atoms with E-state index in [0.29, 0.717) is 11.1 Å². The van der Waals surface area contributed by atoms with Crippen LogP contribution in [-0.4, -0.2) is 5.78 Å². The van der Waals surface area contributed by atoms with Gasteiger partial charge in [0.25, 0.3) is 0 Å². The number of hydrogen-bond donors (Lipinski definition) is 0. The van der Waals surface area contributed by atoms with Gasteiger partial charge in [-0.1, -0.05) is 48.0 Å². The molecular weight excluding hydrogens is 236 g/mol. The lowest BCUT2D eigenvalue weighted by atomic mass is 9.91. The molecule has 0 bridgehead atoms. The molecule has 0 fully saturated rings. The molecule has 0 amide bonds. The fraction of sp³-hybridized carbons (Fsp3) is 0.235. The lowest BCUT2D eigenvalue weighted by Crippen LogP contribution is -2.13. The molecule has 0 aliphatic carbocycles. The molecular formula is C17H17O2. The largest absolute Gasteiger partial charge is 0.291 e. The lowest BCUT2D eigenvalue weighted by Gasteiger charge is -2.15. The summed E-state index contributed by atoms with van der Waals surface area (Å²) >= 11 is 0. The molecule has 2 aromatic rings. The van der Waals surface area contributed by atoms with Gasteiger partial charge in [-0.3, -0.25) is 4.79 Å². The maximum atomic E-state index is 12.4. The number of ketones is 1. The van der Waals surface area contributed by atoms with E-state index in [1.807, 2.05) is 39.0 Å². The molecule has 0 aliphatic rings. The number of carbonyl (C=O) groups is 1. The van der Waals surface area contributed by atoms with E-state index in [1.165, 1.54) is 0 Å². The van der Waals surface area contributed by atoms with Crippen molar-refractivity contribution in [1.29, 1.82) is 0 Å². The number of benzene rings is 2. The van der Waals surface area contributed by atoms with Crippen LogP contribution >= 0.6 is 0 Å². The first-order chi connectivity index (χ1) is 9.00. The van der Waals surface area contributed by atoms with Crippen molar-refractivity contribution in [2.75, 3.05) is 0 Å². The van der Waals surface area contributed by atoms with Crippen LogP contribution in [0.1, 0.15) is 38.7 Å². The Kier molecular flexibility index (Phi) is 3.82. The first-order valence-electron chi connectivity index (χ1n) is 6.33. The highest BCUT2D eigenvalue weighted by Crippen LogP contribution is 2.26. The van der Waals surface area contributed by atoms with Crippen molar-refractivity contribution in [2.24, 2.45) is 0 Å². The summed E-state index contributed by atoms with van der Waals surface area (Å²) in [6.07, 6.45) is -1.34. The van der Waals surface area contributed by atoms with Gasteiger partial charge in [0.1, 0.15) is 0 Å². The van der Waals surface area contributed by atoms with Crippen molar-refractivity contribution < 1.29 is 9.90 Å². The summed E-state index contributed by atoms with van der Waals surface area (Å²) in [5.74, 6) is -0.365. The molecule has 2 rings (SSSR count). The molecule has 0 spiro atoms. The Morgan fingerprint density at radius 1 is 0.947 bits per heavy atom. The van der Waals surface area contributed by atoms with Crippen LogP contribution in [0.4, 0.5) is 0 Å². The molecule has 0 aliphatic heterocycles. The molecule has 0 saturated heterocycles. The van der Waals surface area contributed by atoms with E-state index in [2.05, 4.69) is 0 Å². The van der Waals surface area contributed by atoms with Crippen LogP contribution in [0.5, 0.6) is 0 Å². The minimum absolute atomic E-state index is 0.365. The molecule has 2 nitrogen and oxygen atoms in total. The lowest BCUT2D eigenvalue weighted by molar-refractivity contribution is 0.0540. The molecule has 2 heteroatoms. The van der Waals surface area contributed by atoms with Crippen molar-refractivity contribution >= 4 is 5.78 Å². The molecule has 19 heavy (non-hydrogen) atoms. The van der Waals surface area contributed by atoms with Crippen LogP contribution < -0.4 is 0 Å². The summed E-state index contributed by atoms with van der Waals surface area (Å²) in [7, 11) is 0. The summed E-state index contributed by atoms with van der Waals surface area (Å²) < 4.78 is 0. The molecule has 0 saturated carbocycles. The number of rotatable bonds is 3. The molecule has 1 radical (unpaired) electrons. The molecule has 1 atom stereocenters. The predicted octanol–water partition coefficient (Wildman–Crippen LogP) is 3.97. The fourth-order valence-electron chi connectivity index (χ4n) is 2.49. The zero-order valence-electron chi connectivity index (χ0n) is 11.4. The topological polar surface area (TPSA) is 37.0 Å². The Morgan fingerprint density at radius 3 is 2.00 bits per heavy atom. The van der Waals surface area contributed by atoms with Crippen LogP contribution in [-0.2, 0) is 5.11 Å². The molecule has 1 unspecified atom stereocenters. The molecule has 97 valence electrons. The second-order valence-electron chi connectivity index (χ2n) is 4.92. The van der Waals surface area contributed by atoms with Gasteiger partial charge < -0.3 is 0 Å². The number of carbonyl (C=O) groups excluding carboxylic acids is 1. The summed E-state index contributed by atoms with van der Waals surface area (Å²) in [4.78, 5) is 12.2. The van der Waals surface area contributed by atoms with Crippen molar-refractivity contribution in [2.45, 2.75) is 26.9 Å². The summed E-state index contributed by atoms with van der Waals surface area (Å²) in [5.41, 5.74) is 3.98. The van der Waals surface area contributed by atoms with Gasteiger partial charge >= 0.3 is 0 Å². The van der Waals surface area contributed by atoms with E-state index in [0.717, 1.165) is 16.7 Å². The van der Waals surface area contributed by atoms with Crippen molar-refractivity contribution in [3.63, 3.8) is 0 Å². The number of Topliss-reactive ketones (excluding diaryl/α,β-unsaturated/α-hetero) is 1. The van der Waals surface area contributed by atoms with Crippen LogP contribution in [0.2, 0.25) is 0 Å². The van der Waals surface area contributed by atoms with Crippen molar-refractivity contribution in [3.05, 3.63) is 70.3 Å². The Hall–Kier alpha value is -1.93. The third-order valence-corrected chi connectivity index (χ3v) is 3.30. The molecule has 0 aromatic heterocycles. The highest BCUT2D eigenvalue weighted by atomic mass is 16.3. The standard InChI is InChI=1S/C17H17O2/c1-11-9-12(2)15(13(3)10-11)17(19)16(18)14-7-5-4-6-8-14/h4-10,17H,1-3H3.